The van der Waals surface area contributed by atoms with Gasteiger partial charge in [-0.15, -0.1) is 10.2 Å². The molecule has 0 N–H and O–H groups in total. The van der Waals surface area contributed by atoms with Gasteiger partial charge < -0.3 is 14.0 Å². The Kier molecular flexibility index (Phi) is 5.77. The number of rotatable bonds is 7. The van der Waals surface area contributed by atoms with Crippen LogP contribution in [0.5, 0.6) is 0 Å². The van der Waals surface area contributed by atoms with Crippen molar-refractivity contribution in [2.24, 2.45) is 0 Å². The maximum Gasteiger partial charge on any atom is 0.376 e. The van der Waals surface area contributed by atoms with Crippen molar-refractivity contribution in [2.45, 2.75) is 39.7 Å². The monoisotopic (exact) mass is 255 g/mol. The van der Waals surface area contributed by atoms with Crippen molar-refractivity contribution >= 4 is 5.97 Å². The molecule has 0 bridgehead atoms. The Morgan fingerprint density at radius 3 is 2.67 bits per heavy atom. The van der Waals surface area contributed by atoms with E-state index in [4.69, 9.17) is 9.47 Å². The van der Waals surface area contributed by atoms with Crippen LogP contribution in [0.15, 0.2) is 0 Å². The summed E-state index contributed by atoms with van der Waals surface area (Å²) >= 11 is 0. The van der Waals surface area contributed by atoms with Crippen molar-refractivity contribution in [3.8, 4) is 0 Å². The number of aryl methyl sites for hydroxylation is 1. The molecule has 1 unspecified atom stereocenters. The molecule has 1 heterocycles. The van der Waals surface area contributed by atoms with E-state index in [-0.39, 0.29) is 11.9 Å². The molecule has 1 aromatic rings. The topological polar surface area (TPSA) is 66.2 Å². The van der Waals surface area contributed by atoms with Crippen molar-refractivity contribution in [2.75, 3.05) is 20.3 Å². The van der Waals surface area contributed by atoms with Gasteiger partial charge in [0.1, 0.15) is 5.82 Å². The first-order valence-corrected chi connectivity index (χ1v) is 6.23. The molecule has 0 saturated carbocycles. The standard InChI is InChI=1S/C12H21N3O3/c1-5-7-10(8-17-4)15-9(3)13-14-11(15)12(16)18-6-2/h10H,5-8H2,1-4H3. The summed E-state index contributed by atoms with van der Waals surface area (Å²) in [6.07, 6.45) is 1.90. The Labute approximate surface area is 107 Å². The Bertz CT molecular complexity index is 384. The SMILES string of the molecule is CCCC(COC)n1c(C)nnc1C(=O)OCC. The molecule has 102 valence electrons. The van der Waals surface area contributed by atoms with Crippen LogP contribution >= 0.6 is 0 Å². The predicted octanol–water partition coefficient (Wildman–Crippen LogP) is 1.75. The minimum Gasteiger partial charge on any atom is -0.460 e. The van der Waals surface area contributed by atoms with Crippen molar-refractivity contribution < 1.29 is 14.3 Å². The van der Waals surface area contributed by atoms with Gasteiger partial charge in [0.15, 0.2) is 0 Å². The van der Waals surface area contributed by atoms with Crippen LogP contribution in [0.25, 0.3) is 0 Å². The third-order valence-electron chi connectivity index (χ3n) is 2.67. The summed E-state index contributed by atoms with van der Waals surface area (Å²) < 4.78 is 12.0. The number of aromatic nitrogens is 3. The first-order valence-electron chi connectivity index (χ1n) is 6.23. The van der Waals surface area contributed by atoms with Gasteiger partial charge in [-0.3, -0.25) is 0 Å². The molecule has 0 radical (unpaired) electrons. The van der Waals surface area contributed by atoms with E-state index in [0.29, 0.717) is 19.0 Å². The van der Waals surface area contributed by atoms with Gasteiger partial charge in [-0.2, -0.15) is 0 Å². The molecule has 0 aliphatic heterocycles. The number of hydrogen-bond donors (Lipinski definition) is 0. The summed E-state index contributed by atoms with van der Waals surface area (Å²) in [7, 11) is 1.65. The second-order valence-electron chi connectivity index (χ2n) is 4.06. The fourth-order valence-electron chi connectivity index (χ4n) is 1.95. The quantitative estimate of drug-likeness (QED) is 0.694. The number of methoxy groups -OCH3 is 1. The molecule has 1 aromatic heterocycles. The minimum atomic E-state index is -0.435. The summed E-state index contributed by atoms with van der Waals surface area (Å²) in [5.41, 5.74) is 0. The molecule has 0 amide bonds. The molecule has 6 heteroatoms. The zero-order valence-corrected chi connectivity index (χ0v) is 11.5. The molecule has 0 aliphatic carbocycles. The van der Waals surface area contributed by atoms with Crippen LogP contribution < -0.4 is 0 Å². The van der Waals surface area contributed by atoms with Gasteiger partial charge >= 0.3 is 5.97 Å². The first kappa shape index (κ1) is 14.6. The summed E-state index contributed by atoms with van der Waals surface area (Å²) in [5.74, 6) is 0.522. The van der Waals surface area contributed by atoms with E-state index in [1.807, 2.05) is 11.5 Å². The van der Waals surface area contributed by atoms with E-state index in [9.17, 15) is 4.79 Å². The van der Waals surface area contributed by atoms with E-state index in [1.165, 1.54) is 0 Å². The molecular formula is C12H21N3O3. The molecule has 0 saturated heterocycles. The van der Waals surface area contributed by atoms with Crippen LogP contribution in [-0.4, -0.2) is 41.1 Å². The molecule has 1 rings (SSSR count). The van der Waals surface area contributed by atoms with E-state index >= 15 is 0 Å². The summed E-state index contributed by atoms with van der Waals surface area (Å²) in [6, 6.07) is 0.0643. The molecule has 0 aliphatic rings. The van der Waals surface area contributed by atoms with Crippen molar-refractivity contribution in [1.29, 1.82) is 0 Å². The largest absolute Gasteiger partial charge is 0.460 e. The first-order chi connectivity index (χ1) is 8.65. The van der Waals surface area contributed by atoms with Crippen LogP contribution in [0, 0.1) is 6.92 Å². The lowest BCUT2D eigenvalue weighted by molar-refractivity contribution is 0.0496. The van der Waals surface area contributed by atoms with Gasteiger partial charge in [-0.05, 0) is 20.3 Å². The van der Waals surface area contributed by atoms with Crippen LogP contribution in [0.1, 0.15) is 49.2 Å². The average Bonchev–Trinajstić information content (AvgIpc) is 2.71. The second kappa shape index (κ2) is 7.10. The molecule has 0 spiro atoms. The highest BCUT2D eigenvalue weighted by Gasteiger charge is 2.23. The van der Waals surface area contributed by atoms with Gasteiger partial charge in [-0.25, -0.2) is 4.79 Å². The van der Waals surface area contributed by atoms with Crippen LogP contribution in [0.2, 0.25) is 0 Å². The Hall–Kier alpha value is -1.43. The second-order valence-corrected chi connectivity index (χ2v) is 4.06. The summed E-state index contributed by atoms with van der Waals surface area (Å²) in [4.78, 5) is 11.8. The van der Waals surface area contributed by atoms with E-state index in [2.05, 4.69) is 17.1 Å². The lowest BCUT2D eigenvalue weighted by atomic mass is 10.1. The zero-order valence-electron chi connectivity index (χ0n) is 11.5. The van der Waals surface area contributed by atoms with Crippen LogP contribution in [-0.2, 0) is 9.47 Å². The molecule has 6 nitrogen and oxygen atoms in total. The number of ether oxygens (including phenoxy) is 2. The van der Waals surface area contributed by atoms with Crippen LogP contribution in [0.3, 0.4) is 0 Å². The molecule has 18 heavy (non-hydrogen) atoms. The maximum absolute atomic E-state index is 11.8. The molecular weight excluding hydrogens is 234 g/mol. The number of carbonyl (C=O) groups excluding carboxylic acids is 1. The Morgan fingerprint density at radius 1 is 1.39 bits per heavy atom. The van der Waals surface area contributed by atoms with Gasteiger partial charge in [0, 0.05) is 7.11 Å². The number of carbonyl (C=O) groups is 1. The summed E-state index contributed by atoms with van der Waals surface area (Å²) in [5, 5.41) is 7.86. The fraction of sp³-hybridized carbons (Fsp3) is 0.750. The number of nitrogens with zero attached hydrogens (tertiary/aromatic N) is 3. The van der Waals surface area contributed by atoms with Gasteiger partial charge in [0.05, 0.1) is 19.3 Å². The van der Waals surface area contributed by atoms with Gasteiger partial charge in [0.25, 0.3) is 0 Å². The van der Waals surface area contributed by atoms with E-state index in [1.54, 1.807) is 14.0 Å². The van der Waals surface area contributed by atoms with Crippen molar-refractivity contribution in [3.63, 3.8) is 0 Å². The molecule has 0 fully saturated rings. The molecule has 1 atom stereocenters. The zero-order chi connectivity index (χ0) is 13.5. The smallest absolute Gasteiger partial charge is 0.376 e. The van der Waals surface area contributed by atoms with Crippen LogP contribution in [0.4, 0.5) is 0 Å². The number of hydrogen-bond acceptors (Lipinski definition) is 5. The van der Waals surface area contributed by atoms with E-state index < -0.39 is 5.97 Å². The summed E-state index contributed by atoms with van der Waals surface area (Å²) in [6.45, 7) is 6.54. The Balaban J connectivity index is 3.03. The Morgan fingerprint density at radius 2 is 2.11 bits per heavy atom. The van der Waals surface area contributed by atoms with Gasteiger partial charge in [-0.1, -0.05) is 13.3 Å². The highest BCUT2D eigenvalue weighted by atomic mass is 16.5. The maximum atomic E-state index is 11.8. The third-order valence-corrected chi connectivity index (χ3v) is 2.67. The normalized spacial score (nSPS) is 12.4. The highest BCUT2D eigenvalue weighted by molar-refractivity contribution is 5.85. The average molecular weight is 255 g/mol. The minimum absolute atomic E-state index is 0.0643. The lowest BCUT2D eigenvalue weighted by Gasteiger charge is -2.19. The van der Waals surface area contributed by atoms with E-state index in [0.717, 1.165) is 12.8 Å². The lowest BCUT2D eigenvalue weighted by Crippen LogP contribution is -2.22. The number of esters is 1. The third kappa shape index (κ3) is 3.29. The molecule has 0 aromatic carbocycles. The highest BCUT2D eigenvalue weighted by Crippen LogP contribution is 2.18. The van der Waals surface area contributed by atoms with Crippen molar-refractivity contribution in [3.05, 3.63) is 11.6 Å². The fourth-order valence-corrected chi connectivity index (χ4v) is 1.95. The van der Waals surface area contributed by atoms with Gasteiger partial charge in [0.2, 0.25) is 5.82 Å². The van der Waals surface area contributed by atoms with Crippen molar-refractivity contribution in [1.82, 2.24) is 14.8 Å². The predicted molar refractivity (Wildman–Crippen MR) is 66.5 cm³/mol.